The number of carbonyl (C=O) groups is 1. The smallest absolute Gasteiger partial charge is 0.314 e. The molecule has 5 nitrogen and oxygen atoms in total. The quantitative estimate of drug-likeness (QED) is 0.640. The summed E-state index contributed by atoms with van der Waals surface area (Å²) in [6.45, 7) is 3.05. The summed E-state index contributed by atoms with van der Waals surface area (Å²) in [6, 6.07) is 4.45. The van der Waals surface area contributed by atoms with Crippen LogP contribution in [-0.2, 0) is 6.42 Å². The molecule has 0 spiro atoms. The van der Waals surface area contributed by atoms with Gasteiger partial charge >= 0.3 is 6.03 Å². The lowest BCUT2D eigenvalue weighted by Gasteiger charge is -2.11. The first-order valence-corrected chi connectivity index (χ1v) is 8.68. The minimum Gasteiger partial charge on any atom is -0.361 e. The van der Waals surface area contributed by atoms with E-state index in [-0.39, 0.29) is 17.8 Å². The maximum absolute atomic E-state index is 13.3. The molecular formula is C17H19FN4OS. The minimum atomic E-state index is -0.259. The van der Waals surface area contributed by atoms with Gasteiger partial charge < -0.3 is 15.6 Å². The van der Waals surface area contributed by atoms with Crippen LogP contribution in [0.1, 0.15) is 23.4 Å². The van der Waals surface area contributed by atoms with Crippen molar-refractivity contribution in [3.05, 3.63) is 52.4 Å². The molecule has 24 heavy (non-hydrogen) atoms. The lowest BCUT2D eigenvalue weighted by atomic mass is 10.1. The van der Waals surface area contributed by atoms with Gasteiger partial charge in [0, 0.05) is 47.7 Å². The maximum Gasteiger partial charge on any atom is 0.314 e. The summed E-state index contributed by atoms with van der Waals surface area (Å²) in [5.41, 5.74) is 1.88. The number of nitrogens with zero attached hydrogens (tertiary/aromatic N) is 1. The molecule has 2 aromatic heterocycles. The van der Waals surface area contributed by atoms with E-state index < -0.39 is 0 Å². The predicted octanol–water partition coefficient (Wildman–Crippen LogP) is 3.41. The van der Waals surface area contributed by atoms with E-state index in [1.165, 1.54) is 12.1 Å². The summed E-state index contributed by atoms with van der Waals surface area (Å²) in [5, 5.41) is 9.47. The Balaban J connectivity index is 1.45. The Kier molecular flexibility index (Phi) is 5.10. The van der Waals surface area contributed by atoms with Crippen molar-refractivity contribution < 1.29 is 9.18 Å². The Morgan fingerprint density at radius 2 is 2.29 bits per heavy atom. The number of amides is 2. The summed E-state index contributed by atoms with van der Waals surface area (Å²) in [4.78, 5) is 19.2. The molecule has 2 amide bonds. The molecule has 0 saturated carbocycles. The molecule has 0 radical (unpaired) electrons. The van der Waals surface area contributed by atoms with E-state index >= 15 is 0 Å². The normalized spacial score (nSPS) is 12.2. The van der Waals surface area contributed by atoms with Crippen LogP contribution >= 0.6 is 11.3 Å². The summed E-state index contributed by atoms with van der Waals surface area (Å²) in [6.07, 6.45) is 4.26. The van der Waals surface area contributed by atoms with Gasteiger partial charge in [-0.3, -0.25) is 0 Å². The van der Waals surface area contributed by atoms with Gasteiger partial charge in [0.15, 0.2) is 0 Å². The van der Waals surface area contributed by atoms with Crippen molar-refractivity contribution in [2.75, 3.05) is 13.1 Å². The lowest BCUT2D eigenvalue weighted by molar-refractivity contribution is 0.240. The number of hydrogen-bond acceptors (Lipinski definition) is 3. The highest BCUT2D eigenvalue weighted by Crippen LogP contribution is 2.19. The van der Waals surface area contributed by atoms with Crippen LogP contribution in [-0.4, -0.2) is 29.1 Å². The summed E-state index contributed by atoms with van der Waals surface area (Å²) < 4.78 is 13.3. The molecule has 0 aliphatic rings. The number of fused-ring (bicyclic) bond motifs is 1. The Morgan fingerprint density at radius 3 is 3.08 bits per heavy atom. The van der Waals surface area contributed by atoms with E-state index in [2.05, 4.69) is 20.6 Å². The molecule has 3 N–H and O–H groups in total. The second-order valence-electron chi connectivity index (χ2n) is 5.66. The first-order chi connectivity index (χ1) is 11.6. The number of benzene rings is 1. The largest absolute Gasteiger partial charge is 0.361 e. The molecule has 1 atom stereocenters. The first kappa shape index (κ1) is 16.4. The predicted molar refractivity (Wildman–Crippen MR) is 93.9 cm³/mol. The van der Waals surface area contributed by atoms with E-state index in [1.807, 2.05) is 18.5 Å². The summed E-state index contributed by atoms with van der Waals surface area (Å²) in [5.74, 6) is -0.0717. The molecule has 7 heteroatoms. The molecule has 0 saturated heterocycles. The SMILES string of the molecule is C[C@H](CNC(=O)NCCc1c[nH]c2ccc(F)cc12)c1nccs1. The number of thiazole rings is 1. The van der Waals surface area contributed by atoms with Crippen LogP contribution < -0.4 is 10.6 Å². The van der Waals surface area contributed by atoms with Gasteiger partial charge in [-0.15, -0.1) is 11.3 Å². The van der Waals surface area contributed by atoms with Gasteiger partial charge in [-0.2, -0.15) is 0 Å². The zero-order valence-corrected chi connectivity index (χ0v) is 14.1. The first-order valence-electron chi connectivity index (χ1n) is 7.80. The molecule has 0 unspecified atom stereocenters. The van der Waals surface area contributed by atoms with Gasteiger partial charge in [0.1, 0.15) is 5.82 Å². The zero-order valence-electron chi connectivity index (χ0n) is 13.3. The number of hydrogen-bond donors (Lipinski definition) is 3. The fraction of sp³-hybridized carbons (Fsp3) is 0.294. The molecule has 3 rings (SSSR count). The van der Waals surface area contributed by atoms with Crippen LogP contribution in [0.15, 0.2) is 36.0 Å². The monoisotopic (exact) mass is 346 g/mol. The second kappa shape index (κ2) is 7.44. The third-order valence-electron chi connectivity index (χ3n) is 3.85. The fourth-order valence-corrected chi connectivity index (χ4v) is 3.24. The number of carbonyl (C=O) groups excluding carboxylic acids is 1. The van der Waals surface area contributed by atoms with E-state index in [0.29, 0.717) is 19.5 Å². The fourth-order valence-electron chi connectivity index (χ4n) is 2.54. The van der Waals surface area contributed by atoms with Gasteiger partial charge in [0.25, 0.3) is 0 Å². The van der Waals surface area contributed by atoms with Gasteiger partial charge in [-0.05, 0) is 30.2 Å². The van der Waals surface area contributed by atoms with E-state index in [0.717, 1.165) is 21.5 Å². The van der Waals surface area contributed by atoms with Crippen LogP contribution in [0.25, 0.3) is 10.9 Å². The van der Waals surface area contributed by atoms with E-state index in [4.69, 9.17) is 0 Å². The Hall–Kier alpha value is -2.41. The average Bonchev–Trinajstić information content (AvgIpc) is 3.23. The Morgan fingerprint density at radius 1 is 1.42 bits per heavy atom. The van der Waals surface area contributed by atoms with Crippen LogP contribution in [0.3, 0.4) is 0 Å². The van der Waals surface area contributed by atoms with Gasteiger partial charge in [-0.1, -0.05) is 6.92 Å². The summed E-state index contributed by atoms with van der Waals surface area (Å²) in [7, 11) is 0. The molecule has 3 aromatic rings. The van der Waals surface area contributed by atoms with Crippen molar-refractivity contribution in [1.82, 2.24) is 20.6 Å². The summed E-state index contributed by atoms with van der Waals surface area (Å²) >= 11 is 1.58. The van der Waals surface area contributed by atoms with E-state index in [1.54, 1.807) is 23.6 Å². The van der Waals surface area contributed by atoms with Crippen molar-refractivity contribution in [1.29, 1.82) is 0 Å². The highest BCUT2D eigenvalue weighted by atomic mass is 32.1. The molecule has 0 aliphatic carbocycles. The number of rotatable bonds is 6. The highest BCUT2D eigenvalue weighted by molar-refractivity contribution is 7.09. The molecule has 2 heterocycles. The van der Waals surface area contributed by atoms with Crippen molar-refractivity contribution in [3.8, 4) is 0 Å². The van der Waals surface area contributed by atoms with Crippen LogP contribution in [0.2, 0.25) is 0 Å². The van der Waals surface area contributed by atoms with E-state index in [9.17, 15) is 9.18 Å². The molecular weight excluding hydrogens is 327 g/mol. The maximum atomic E-state index is 13.3. The van der Waals surface area contributed by atoms with Gasteiger partial charge in [0.2, 0.25) is 0 Å². The molecule has 1 aromatic carbocycles. The van der Waals surface area contributed by atoms with Crippen LogP contribution in [0.5, 0.6) is 0 Å². The van der Waals surface area contributed by atoms with Crippen molar-refractivity contribution >= 4 is 28.3 Å². The van der Waals surface area contributed by atoms with Gasteiger partial charge in [0.05, 0.1) is 5.01 Å². The number of H-pyrrole nitrogens is 1. The van der Waals surface area contributed by atoms with Crippen LogP contribution in [0.4, 0.5) is 9.18 Å². The molecule has 0 fully saturated rings. The lowest BCUT2D eigenvalue weighted by Crippen LogP contribution is -2.38. The zero-order chi connectivity index (χ0) is 16.9. The van der Waals surface area contributed by atoms with Crippen molar-refractivity contribution in [2.45, 2.75) is 19.3 Å². The third-order valence-corrected chi connectivity index (χ3v) is 4.86. The van der Waals surface area contributed by atoms with Crippen molar-refractivity contribution in [2.24, 2.45) is 0 Å². The standard InChI is InChI=1S/C17H19FN4OS/c1-11(16-19-6-7-24-16)9-22-17(23)20-5-4-12-10-21-15-3-2-13(18)8-14(12)15/h2-3,6-8,10-11,21H,4-5,9H2,1H3,(H2,20,22,23)/t11-/m1/s1. The number of aromatic amines is 1. The Bertz CT molecular complexity index is 815. The number of urea groups is 1. The second-order valence-corrected chi connectivity index (χ2v) is 6.59. The molecule has 0 bridgehead atoms. The molecule has 126 valence electrons. The number of halogens is 1. The number of aromatic nitrogens is 2. The average molecular weight is 346 g/mol. The highest BCUT2D eigenvalue weighted by Gasteiger charge is 2.10. The van der Waals surface area contributed by atoms with Crippen molar-refractivity contribution in [3.63, 3.8) is 0 Å². The number of nitrogens with one attached hydrogen (secondary N) is 3. The van der Waals surface area contributed by atoms with Gasteiger partial charge in [-0.25, -0.2) is 14.2 Å². The third kappa shape index (κ3) is 3.91. The minimum absolute atomic E-state index is 0.187. The topological polar surface area (TPSA) is 69.8 Å². The Labute approximate surface area is 143 Å². The molecule has 0 aliphatic heterocycles. The van der Waals surface area contributed by atoms with Crippen LogP contribution in [0, 0.1) is 5.82 Å².